The van der Waals surface area contributed by atoms with E-state index in [-0.39, 0.29) is 18.3 Å². The monoisotopic (exact) mass is 486 g/mol. The highest BCUT2D eigenvalue weighted by Crippen LogP contribution is 2.22. The molecule has 1 aliphatic heterocycles. The first-order valence-electron chi connectivity index (χ1n) is 10.00. The van der Waals surface area contributed by atoms with E-state index in [0.717, 1.165) is 56.3 Å². The molecule has 2 aromatic heterocycles. The van der Waals surface area contributed by atoms with E-state index in [1.165, 1.54) is 0 Å². The Morgan fingerprint density at radius 2 is 1.90 bits per heavy atom. The second-order valence-electron chi connectivity index (χ2n) is 7.71. The Labute approximate surface area is 179 Å². The van der Waals surface area contributed by atoms with E-state index >= 15 is 0 Å². The van der Waals surface area contributed by atoms with Gasteiger partial charge in [-0.1, -0.05) is 12.8 Å². The number of hydrogen-bond acceptors (Lipinski definition) is 8. The minimum Gasteiger partial charge on any atom is -0.353 e. The van der Waals surface area contributed by atoms with Crippen LogP contribution in [0.5, 0.6) is 0 Å². The number of likely N-dealkylation sites (N-methyl/N-ethyl adjacent to an activating group) is 1. The molecule has 0 spiro atoms. The normalized spacial score (nSPS) is 19.3. The van der Waals surface area contributed by atoms with Gasteiger partial charge in [-0.2, -0.15) is 19.6 Å². The zero-order valence-corrected chi connectivity index (χ0v) is 18.9. The number of fused-ring (bicyclic) bond motifs is 1. The minimum absolute atomic E-state index is 0.0126. The van der Waals surface area contributed by atoms with Crippen molar-refractivity contribution in [3.05, 3.63) is 10.7 Å². The lowest BCUT2D eigenvalue weighted by atomic mass is 10.3. The standard InChI is InChI=1S/C17H27BrN8O2S/c1-24-7-9-25(10-8-24)17-21-15-14(18)12-20-26(15)16(22-17)19-6-11-29(27,28)23-13-4-2-3-5-13/h12-13,23H,2-11H2,1H3,(H,19,21,22). The number of hydrogen-bond donors (Lipinski definition) is 2. The summed E-state index contributed by atoms with van der Waals surface area (Å²) in [5, 5.41) is 7.45. The first-order valence-corrected chi connectivity index (χ1v) is 12.4. The lowest BCUT2D eigenvalue weighted by Crippen LogP contribution is -2.45. The number of halogens is 1. The van der Waals surface area contributed by atoms with Crippen molar-refractivity contribution in [1.82, 2.24) is 29.2 Å². The molecule has 0 aromatic carbocycles. The predicted molar refractivity (Wildman–Crippen MR) is 116 cm³/mol. The van der Waals surface area contributed by atoms with Crippen molar-refractivity contribution in [2.75, 3.05) is 55.7 Å². The number of rotatable bonds is 7. The average molecular weight is 487 g/mol. The van der Waals surface area contributed by atoms with Gasteiger partial charge < -0.3 is 15.1 Å². The molecule has 29 heavy (non-hydrogen) atoms. The van der Waals surface area contributed by atoms with Gasteiger partial charge in [-0.25, -0.2) is 13.1 Å². The molecule has 12 heteroatoms. The summed E-state index contributed by atoms with van der Waals surface area (Å²) in [5.74, 6) is 1.10. The second kappa shape index (κ2) is 8.70. The van der Waals surface area contributed by atoms with Crippen LogP contribution in [-0.2, 0) is 10.0 Å². The molecule has 4 rings (SSSR count). The van der Waals surface area contributed by atoms with Gasteiger partial charge in [0.15, 0.2) is 5.65 Å². The summed E-state index contributed by atoms with van der Waals surface area (Å²) in [7, 11) is -1.23. The van der Waals surface area contributed by atoms with E-state index in [1.807, 2.05) is 0 Å². The van der Waals surface area contributed by atoms with Crippen LogP contribution in [0.3, 0.4) is 0 Å². The lowest BCUT2D eigenvalue weighted by Gasteiger charge is -2.32. The Kier molecular flexibility index (Phi) is 6.23. The van der Waals surface area contributed by atoms with Gasteiger partial charge in [-0.05, 0) is 35.8 Å². The van der Waals surface area contributed by atoms with Crippen LogP contribution in [-0.4, -0.2) is 84.5 Å². The van der Waals surface area contributed by atoms with Crippen LogP contribution < -0.4 is 14.9 Å². The second-order valence-corrected chi connectivity index (χ2v) is 10.4. The molecule has 0 atom stereocenters. The molecular weight excluding hydrogens is 460 g/mol. The van der Waals surface area contributed by atoms with Crippen LogP contribution in [0.2, 0.25) is 0 Å². The van der Waals surface area contributed by atoms with Crippen molar-refractivity contribution in [2.45, 2.75) is 31.7 Å². The van der Waals surface area contributed by atoms with Crippen LogP contribution in [0.1, 0.15) is 25.7 Å². The summed E-state index contributed by atoms with van der Waals surface area (Å²) in [6.07, 6.45) is 5.70. The molecule has 1 saturated carbocycles. The van der Waals surface area contributed by atoms with Crippen molar-refractivity contribution in [3.63, 3.8) is 0 Å². The van der Waals surface area contributed by atoms with Gasteiger partial charge in [0.1, 0.15) is 0 Å². The summed E-state index contributed by atoms with van der Waals surface area (Å²) < 4.78 is 29.9. The molecule has 0 unspecified atom stereocenters. The first kappa shape index (κ1) is 20.8. The Morgan fingerprint density at radius 1 is 1.17 bits per heavy atom. The Balaban J connectivity index is 1.47. The molecule has 3 heterocycles. The molecule has 2 N–H and O–H groups in total. The average Bonchev–Trinajstić information content (AvgIpc) is 3.32. The Bertz CT molecular complexity index is 952. The zero-order chi connectivity index (χ0) is 20.4. The number of nitrogens with zero attached hydrogens (tertiary/aromatic N) is 6. The maximum Gasteiger partial charge on any atom is 0.230 e. The molecule has 10 nitrogen and oxygen atoms in total. The topological polar surface area (TPSA) is 108 Å². The molecular formula is C17H27BrN8O2S. The van der Waals surface area contributed by atoms with Crippen LogP contribution in [0.15, 0.2) is 10.7 Å². The number of nitrogens with one attached hydrogen (secondary N) is 2. The summed E-state index contributed by atoms with van der Waals surface area (Å²) in [5.41, 5.74) is 0.656. The smallest absolute Gasteiger partial charge is 0.230 e. The molecule has 2 aromatic rings. The quantitative estimate of drug-likeness (QED) is 0.594. The maximum atomic E-state index is 12.4. The van der Waals surface area contributed by atoms with Gasteiger partial charge in [0.05, 0.1) is 16.4 Å². The molecule has 0 bridgehead atoms. The third kappa shape index (κ3) is 4.98. The molecule has 160 valence electrons. The summed E-state index contributed by atoms with van der Waals surface area (Å²) in [4.78, 5) is 13.7. The third-order valence-corrected chi connectivity index (χ3v) is 7.45. The van der Waals surface area contributed by atoms with E-state index in [2.05, 4.69) is 57.9 Å². The zero-order valence-electron chi connectivity index (χ0n) is 16.5. The molecule has 2 aliphatic rings. The fourth-order valence-electron chi connectivity index (χ4n) is 3.76. The fourth-order valence-corrected chi connectivity index (χ4v) is 5.34. The number of anilines is 2. The van der Waals surface area contributed by atoms with E-state index in [0.29, 0.717) is 17.5 Å². The van der Waals surface area contributed by atoms with Crippen LogP contribution in [0, 0.1) is 0 Å². The highest BCUT2D eigenvalue weighted by Gasteiger charge is 2.22. The van der Waals surface area contributed by atoms with Crippen molar-refractivity contribution < 1.29 is 8.42 Å². The van der Waals surface area contributed by atoms with Gasteiger partial charge in [0.25, 0.3) is 0 Å². The predicted octanol–water partition coefficient (Wildman–Crippen LogP) is 0.913. The molecule has 1 aliphatic carbocycles. The largest absolute Gasteiger partial charge is 0.353 e. The van der Waals surface area contributed by atoms with Gasteiger partial charge >= 0.3 is 0 Å². The third-order valence-electron chi connectivity index (χ3n) is 5.45. The van der Waals surface area contributed by atoms with E-state index < -0.39 is 10.0 Å². The lowest BCUT2D eigenvalue weighted by molar-refractivity contribution is 0.311. The Hall–Kier alpha value is -1.50. The highest BCUT2D eigenvalue weighted by molar-refractivity contribution is 9.10. The maximum absolute atomic E-state index is 12.4. The Morgan fingerprint density at radius 3 is 2.62 bits per heavy atom. The van der Waals surface area contributed by atoms with E-state index in [4.69, 9.17) is 0 Å². The fraction of sp³-hybridized carbons (Fsp3) is 0.706. The molecule has 0 amide bonds. The summed E-state index contributed by atoms with van der Waals surface area (Å²) in [6.45, 7) is 3.83. The van der Waals surface area contributed by atoms with Crippen molar-refractivity contribution >= 4 is 43.5 Å². The SMILES string of the molecule is CN1CCN(c2nc(NCCS(=O)(=O)NC3CCCC3)n3ncc(Br)c3n2)CC1. The van der Waals surface area contributed by atoms with Crippen LogP contribution in [0.4, 0.5) is 11.9 Å². The van der Waals surface area contributed by atoms with Crippen molar-refractivity contribution in [1.29, 1.82) is 0 Å². The van der Waals surface area contributed by atoms with Crippen LogP contribution in [0.25, 0.3) is 5.65 Å². The number of aromatic nitrogens is 4. The summed E-state index contributed by atoms with van der Waals surface area (Å²) in [6, 6.07) is 0.0802. The molecule has 2 fully saturated rings. The van der Waals surface area contributed by atoms with Gasteiger partial charge in [-0.15, -0.1) is 0 Å². The van der Waals surface area contributed by atoms with Gasteiger partial charge in [0, 0.05) is 38.8 Å². The van der Waals surface area contributed by atoms with E-state index in [1.54, 1.807) is 10.7 Å². The summed E-state index contributed by atoms with van der Waals surface area (Å²) >= 11 is 3.48. The molecule has 1 saturated heterocycles. The van der Waals surface area contributed by atoms with Crippen molar-refractivity contribution in [3.8, 4) is 0 Å². The molecule has 0 radical (unpaired) electrons. The van der Waals surface area contributed by atoms with Gasteiger partial charge in [-0.3, -0.25) is 0 Å². The van der Waals surface area contributed by atoms with Crippen LogP contribution >= 0.6 is 15.9 Å². The minimum atomic E-state index is -3.33. The van der Waals surface area contributed by atoms with E-state index in [9.17, 15) is 8.42 Å². The van der Waals surface area contributed by atoms with Gasteiger partial charge in [0.2, 0.25) is 21.9 Å². The van der Waals surface area contributed by atoms with Crippen molar-refractivity contribution in [2.24, 2.45) is 0 Å². The first-order chi connectivity index (χ1) is 13.9. The highest BCUT2D eigenvalue weighted by atomic mass is 79.9. The number of piperazine rings is 1. The number of sulfonamides is 1.